The smallest absolute Gasteiger partial charge is 0.407 e. The predicted octanol–water partition coefficient (Wildman–Crippen LogP) is 0.104. The molecule has 6 heteroatoms. The molecule has 1 rings (SSSR count). The molecule has 17 heavy (non-hydrogen) atoms. The second-order valence-corrected chi connectivity index (χ2v) is 5.13. The van der Waals surface area contributed by atoms with Crippen LogP contribution in [-0.4, -0.2) is 53.3 Å². The van der Waals surface area contributed by atoms with Gasteiger partial charge >= 0.3 is 6.09 Å². The average molecular weight is 244 g/mol. The van der Waals surface area contributed by atoms with Crippen molar-refractivity contribution >= 4 is 12.0 Å². The van der Waals surface area contributed by atoms with Crippen molar-refractivity contribution < 1.29 is 19.4 Å². The number of alkyl carbamates (subject to hydrolysis) is 1. The fourth-order valence-electron chi connectivity index (χ4n) is 1.57. The van der Waals surface area contributed by atoms with E-state index in [2.05, 4.69) is 5.32 Å². The van der Waals surface area contributed by atoms with Gasteiger partial charge in [0.1, 0.15) is 5.60 Å². The van der Waals surface area contributed by atoms with Crippen molar-refractivity contribution in [1.82, 2.24) is 10.2 Å². The number of aliphatic hydroxyl groups excluding tert-OH is 1. The first-order valence-electron chi connectivity index (χ1n) is 5.70. The Labute approximate surface area is 101 Å². The van der Waals surface area contributed by atoms with Gasteiger partial charge in [0.15, 0.2) is 0 Å². The second kappa shape index (κ2) is 5.35. The monoisotopic (exact) mass is 244 g/mol. The minimum atomic E-state index is -0.580. The van der Waals surface area contributed by atoms with E-state index in [0.717, 1.165) is 0 Å². The third-order valence-electron chi connectivity index (χ3n) is 2.24. The maximum absolute atomic E-state index is 11.3. The third kappa shape index (κ3) is 5.04. The van der Waals surface area contributed by atoms with E-state index >= 15 is 0 Å². The average Bonchev–Trinajstić information content (AvgIpc) is 2.42. The van der Waals surface area contributed by atoms with Gasteiger partial charge in [0.2, 0.25) is 5.91 Å². The minimum Gasteiger partial charge on any atom is -0.444 e. The Morgan fingerprint density at radius 2 is 2.24 bits per heavy atom. The Hall–Kier alpha value is -1.30. The number of nitrogens with one attached hydrogen (secondary N) is 1. The van der Waals surface area contributed by atoms with Crippen molar-refractivity contribution in [2.75, 3.05) is 19.6 Å². The zero-order valence-corrected chi connectivity index (χ0v) is 10.5. The number of nitrogens with zero attached hydrogens (tertiary/aromatic N) is 1. The summed E-state index contributed by atoms with van der Waals surface area (Å²) in [6, 6.07) is 0. The van der Waals surface area contributed by atoms with Crippen LogP contribution in [0.5, 0.6) is 0 Å². The van der Waals surface area contributed by atoms with Crippen LogP contribution in [-0.2, 0) is 9.53 Å². The lowest BCUT2D eigenvalue weighted by atomic mass is 10.2. The number of ether oxygens (including phenoxy) is 1. The van der Waals surface area contributed by atoms with Crippen molar-refractivity contribution in [3.05, 3.63) is 0 Å². The first-order chi connectivity index (χ1) is 7.78. The summed E-state index contributed by atoms with van der Waals surface area (Å²) in [5, 5.41) is 11.8. The number of aliphatic hydroxyl groups is 1. The van der Waals surface area contributed by atoms with Crippen molar-refractivity contribution in [3.63, 3.8) is 0 Å². The van der Waals surface area contributed by atoms with Crippen LogP contribution in [0.15, 0.2) is 0 Å². The molecule has 1 aliphatic rings. The molecule has 0 aromatic rings. The van der Waals surface area contributed by atoms with E-state index in [-0.39, 0.29) is 12.3 Å². The highest BCUT2D eigenvalue weighted by Gasteiger charge is 2.27. The normalized spacial score (nSPS) is 20.6. The second-order valence-electron chi connectivity index (χ2n) is 5.13. The van der Waals surface area contributed by atoms with Crippen molar-refractivity contribution in [2.45, 2.75) is 38.9 Å². The number of amides is 2. The van der Waals surface area contributed by atoms with Crippen LogP contribution in [0.1, 0.15) is 27.2 Å². The van der Waals surface area contributed by atoms with Crippen LogP contribution in [0.2, 0.25) is 0 Å². The van der Waals surface area contributed by atoms with Gasteiger partial charge in [-0.1, -0.05) is 0 Å². The molecule has 6 nitrogen and oxygen atoms in total. The van der Waals surface area contributed by atoms with Gasteiger partial charge in [0, 0.05) is 19.6 Å². The molecule has 98 valence electrons. The van der Waals surface area contributed by atoms with Crippen molar-refractivity contribution in [3.8, 4) is 0 Å². The van der Waals surface area contributed by atoms with Gasteiger partial charge in [-0.2, -0.15) is 0 Å². The lowest BCUT2D eigenvalue weighted by Crippen LogP contribution is -2.38. The van der Waals surface area contributed by atoms with Crippen LogP contribution in [0.3, 0.4) is 0 Å². The fraction of sp³-hybridized carbons (Fsp3) is 0.818. The highest BCUT2D eigenvalue weighted by atomic mass is 16.6. The van der Waals surface area contributed by atoms with Gasteiger partial charge in [0.05, 0.1) is 12.5 Å². The van der Waals surface area contributed by atoms with Crippen molar-refractivity contribution in [2.24, 2.45) is 0 Å². The molecule has 1 fully saturated rings. The number of carbonyl (C=O) groups is 2. The number of β-amino-alcohol motifs (C(OH)–C–C–N with tert-alkyl or cyclic N) is 1. The maximum atomic E-state index is 11.3. The molecule has 1 atom stereocenters. The van der Waals surface area contributed by atoms with Gasteiger partial charge in [0.25, 0.3) is 0 Å². The number of likely N-dealkylation sites (tertiary alicyclic amines) is 1. The lowest BCUT2D eigenvalue weighted by Gasteiger charge is -2.21. The molecule has 1 saturated heterocycles. The van der Waals surface area contributed by atoms with E-state index in [9.17, 15) is 14.7 Å². The van der Waals surface area contributed by atoms with E-state index in [0.29, 0.717) is 19.6 Å². The first-order valence-corrected chi connectivity index (χ1v) is 5.70. The summed E-state index contributed by atoms with van der Waals surface area (Å²) in [6.45, 7) is 6.42. The van der Waals surface area contributed by atoms with Gasteiger partial charge in [-0.3, -0.25) is 4.79 Å². The highest BCUT2D eigenvalue weighted by Crippen LogP contribution is 2.09. The number of hydrogen-bond acceptors (Lipinski definition) is 4. The first kappa shape index (κ1) is 13.8. The molecule has 2 N–H and O–H groups in total. The largest absolute Gasteiger partial charge is 0.444 e. The Kier molecular flexibility index (Phi) is 4.34. The summed E-state index contributed by atoms with van der Waals surface area (Å²) in [5.41, 5.74) is -0.524. The summed E-state index contributed by atoms with van der Waals surface area (Å²) in [5.74, 6) is -0.0801. The zero-order valence-electron chi connectivity index (χ0n) is 10.5. The quantitative estimate of drug-likeness (QED) is 0.738. The molecule has 0 saturated carbocycles. The standard InChI is InChI=1S/C11H20N2O4/c1-11(2,3)17-10(16)12-4-5-13-7-8(14)6-9(13)15/h8,14H,4-7H2,1-3H3,(H,12,16). The van der Waals surface area contributed by atoms with E-state index in [1.807, 2.05) is 0 Å². The number of carbonyl (C=O) groups excluding carboxylic acids is 2. The number of rotatable bonds is 3. The molecule has 0 aromatic carbocycles. The summed E-state index contributed by atoms with van der Waals surface area (Å²) in [6.07, 6.45) is -0.902. The molecule has 0 radical (unpaired) electrons. The third-order valence-corrected chi connectivity index (χ3v) is 2.24. The molecule has 0 aliphatic carbocycles. The van der Waals surface area contributed by atoms with Crippen LogP contribution in [0, 0.1) is 0 Å². The minimum absolute atomic E-state index is 0.0801. The fourth-order valence-corrected chi connectivity index (χ4v) is 1.57. The Morgan fingerprint density at radius 3 is 2.71 bits per heavy atom. The summed E-state index contributed by atoms with van der Waals surface area (Å²) < 4.78 is 5.05. The molecule has 1 heterocycles. The van der Waals surface area contributed by atoms with Crippen LogP contribution in [0.4, 0.5) is 4.79 Å². The summed E-state index contributed by atoms with van der Waals surface area (Å²) in [7, 11) is 0. The van der Waals surface area contributed by atoms with E-state index < -0.39 is 17.8 Å². The van der Waals surface area contributed by atoms with Crippen LogP contribution >= 0.6 is 0 Å². The SMILES string of the molecule is CC(C)(C)OC(=O)NCCN1CC(O)CC1=O. The molecule has 0 aromatic heterocycles. The molecular formula is C11H20N2O4. The van der Waals surface area contributed by atoms with E-state index in [4.69, 9.17) is 4.74 Å². The topological polar surface area (TPSA) is 78.9 Å². The summed E-state index contributed by atoms with van der Waals surface area (Å²) >= 11 is 0. The van der Waals surface area contributed by atoms with E-state index in [1.54, 1.807) is 20.8 Å². The van der Waals surface area contributed by atoms with Gasteiger partial charge in [-0.25, -0.2) is 4.79 Å². The molecule has 1 aliphatic heterocycles. The van der Waals surface area contributed by atoms with E-state index in [1.165, 1.54) is 4.90 Å². The molecule has 0 spiro atoms. The zero-order chi connectivity index (χ0) is 13.1. The molecule has 0 bridgehead atoms. The Bertz CT molecular complexity index is 298. The molecule has 1 unspecified atom stereocenters. The lowest BCUT2D eigenvalue weighted by molar-refractivity contribution is -0.127. The van der Waals surface area contributed by atoms with Gasteiger partial charge < -0.3 is 20.1 Å². The maximum Gasteiger partial charge on any atom is 0.407 e. The number of hydrogen-bond donors (Lipinski definition) is 2. The Morgan fingerprint density at radius 1 is 1.59 bits per heavy atom. The van der Waals surface area contributed by atoms with Gasteiger partial charge in [-0.15, -0.1) is 0 Å². The van der Waals surface area contributed by atoms with Crippen LogP contribution in [0.25, 0.3) is 0 Å². The van der Waals surface area contributed by atoms with Crippen LogP contribution < -0.4 is 5.32 Å². The van der Waals surface area contributed by atoms with Crippen molar-refractivity contribution in [1.29, 1.82) is 0 Å². The summed E-state index contributed by atoms with van der Waals surface area (Å²) in [4.78, 5) is 24.1. The highest BCUT2D eigenvalue weighted by molar-refractivity contribution is 5.79. The molecular weight excluding hydrogens is 224 g/mol. The Balaban J connectivity index is 2.20. The van der Waals surface area contributed by atoms with Gasteiger partial charge in [-0.05, 0) is 20.8 Å². The molecule has 2 amide bonds. The predicted molar refractivity (Wildman–Crippen MR) is 61.4 cm³/mol.